The van der Waals surface area contributed by atoms with Crippen LogP contribution in [0.3, 0.4) is 0 Å². The zero-order valence-electron chi connectivity index (χ0n) is 10.7. The monoisotopic (exact) mass is 322 g/mol. The molecular weight excluding hydrogens is 311 g/mol. The van der Waals surface area contributed by atoms with E-state index in [0.717, 1.165) is 6.07 Å². The Labute approximate surface area is 124 Å². The topological polar surface area (TPSA) is 90.7 Å². The number of amides is 1. The number of rotatable bonds is 6. The van der Waals surface area contributed by atoms with Crippen molar-refractivity contribution in [2.24, 2.45) is 0 Å². The highest BCUT2D eigenvalue weighted by Crippen LogP contribution is 2.32. The molecule has 0 aliphatic heterocycles. The fourth-order valence-electron chi connectivity index (χ4n) is 1.38. The van der Waals surface area contributed by atoms with Crippen molar-refractivity contribution in [1.82, 2.24) is 5.32 Å². The molecule has 20 heavy (non-hydrogen) atoms. The molecule has 0 aliphatic rings. The predicted molar refractivity (Wildman–Crippen MR) is 73.3 cm³/mol. The molecule has 110 valence electrons. The van der Waals surface area contributed by atoms with E-state index in [4.69, 9.17) is 32.7 Å². The highest BCUT2D eigenvalue weighted by Gasteiger charge is 2.20. The first-order chi connectivity index (χ1) is 9.40. The molecule has 0 spiro atoms. The van der Waals surface area contributed by atoms with Gasteiger partial charge in [-0.05, 0) is 6.07 Å². The van der Waals surface area contributed by atoms with Crippen LogP contribution in [-0.4, -0.2) is 37.9 Å². The van der Waals surface area contributed by atoms with E-state index in [0.29, 0.717) is 0 Å². The van der Waals surface area contributed by atoms with Crippen LogP contribution in [0.5, 0.6) is 0 Å². The van der Waals surface area contributed by atoms with E-state index in [-0.39, 0.29) is 22.2 Å². The van der Waals surface area contributed by atoms with Crippen LogP contribution >= 0.6 is 23.2 Å². The van der Waals surface area contributed by atoms with Gasteiger partial charge in [0.05, 0.1) is 16.5 Å². The second kappa shape index (κ2) is 7.39. The number of carbonyl (C=O) groups excluding carboxylic acids is 1. The molecule has 7 nitrogen and oxygen atoms in total. The molecule has 1 rings (SSSR count). The van der Waals surface area contributed by atoms with Crippen LogP contribution in [0.1, 0.15) is 10.4 Å². The molecule has 0 radical (unpaired) electrons. The van der Waals surface area contributed by atoms with Gasteiger partial charge in [0.2, 0.25) is 0 Å². The molecule has 9 heteroatoms. The van der Waals surface area contributed by atoms with E-state index in [1.807, 2.05) is 0 Å². The fourth-order valence-corrected chi connectivity index (χ4v) is 1.77. The second-order valence-electron chi connectivity index (χ2n) is 3.66. The Morgan fingerprint density at radius 1 is 1.40 bits per heavy atom. The normalized spacial score (nSPS) is 10.7. The lowest BCUT2D eigenvalue weighted by atomic mass is 10.2. The van der Waals surface area contributed by atoms with Crippen LogP contribution in [0.4, 0.5) is 5.69 Å². The second-order valence-corrected chi connectivity index (χ2v) is 4.44. The molecular formula is C11H12Cl2N2O5. The fraction of sp³-hybridized carbons (Fsp3) is 0.364. The van der Waals surface area contributed by atoms with E-state index in [1.165, 1.54) is 20.3 Å². The standard InChI is InChI=1S/C11H12Cl2N2O5/c1-19-9(20-2)5-14-11(16)6-3-7(12)10(13)8(4-6)15(17)18/h3-4,9H,5H2,1-2H3,(H,14,16). The summed E-state index contributed by atoms with van der Waals surface area (Å²) in [6.45, 7) is 0.0832. The van der Waals surface area contributed by atoms with Gasteiger partial charge < -0.3 is 14.8 Å². The van der Waals surface area contributed by atoms with Gasteiger partial charge in [0, 0.05) is 25.8 Å². The van der Waals surface area contributed by atoms with Crippen molar-refractivity contribution in [2.75, 3.05) is 20.8 Å². The van der Waals surface area contributed by atoms with Gasteiger partial charge in [0.1, 0.15) is 5.02 Å². The van der Waals surface area contributed by atoms with Gasteiger partial charge in [-0.15, -0.1) is 0 Å². The van der Waals surface area contributed by atoms with E-state index in [1.54, 1.807) is 0 Å². The third-order valence-corrected chi connectivity index (χ3v) is 3.22. The van der Waals surface area contributed by atoms with Crippen molar-refractivity contribution >= 4 is 34.8 Å². The minimum atomic E-state index is -0.710. The molecule has 0 aromatic heterocycles. The predicted octanol–water partition coefficient (Wildman–Crippen LogP) is 2.25. The molecule has 1 amide bonds. The lowest BCUT2D eigenvalue weighted by Gasteiger charge is -2.14. The van der Waals surface area contributed by atoms with Crippen LogP contribution in [0.15, 0.2) is 12.1 Å². The summed E-state index contributed by atoms with van der Waals surface area (Å²) in [6.07, 6.45) is -0.614. The summed E-state index contributed by atoms with van der Waals surface area (Å²) in [6, 6.07) is 2.30. The van der Waals surface area contributed by atoms with Gasteiger partial charge in [-0.2, -0.15) is 0 Å². The van der Waals surface area contributed by atoms with Gasteiger partial charge >= 0.3 is 0 Å². The van der Waals surface area contributed by atoms with Crippen molar-refractivity contribution in [3.05, 3.63) is 37.9 Å². The maximum atomic E-state index is 11.9. The Morgan fingerprint density at radius 3 is 2.50 bits per heavy atom. The first-order valence-corrected chi connectivity index (χ1v) is 6.13. The molecule has 0 saturated heterocycles. The third kappa shape index (κ3) is 4.04. The van der Waals surface area contributed by atoms with E-state index in [9.17, 15) is 14.9 Å². The highest BCUT2D eigenvalue weighted by molar-refractivity contribution is 6.43. The Balaban J connectivity index is 2.91. The Bertz CT molecular complexity index is 520. The van der Waals surface area contributed by atoms with Crippen molar-refractivity contribution in [1.29, 1.82) is 0 Å². The number of hydrogen-bond donors (Lipinski definition) is 1. The molecule has 1 N–H and O–H groups in total. The van der Waals surface area contributed by atoms with Gasteiger partial charge in [0.15, 0.2) is 6.29 Å². The Kier molecular flexibility index (Phi) is 6.15. The van der Waals surface area contributed by atoms with E-state index < -0.39 is 22.8 Å². The third-order valence-electron chi connectivity index (χ3n) is 2.42. The number of hydrogen-bond acceptors (Lipinski definition) is 5. The number of benzene rings is 1. The number of methoxy groups -OCH3 is 2. The molecule has 1 aromatic carbocycles. The van der Waals surface area contributed by atoms with Crippen molar-refractivity contribution in [3.8, 4) is 0 Å². The van der Waals surface area contributed by atoms with Gasteiger partial charge in [0.25, 0.3) is 11.6 Å². The largest absolute Gasteiger partial charge is 0.354 e. The number of nitrogens with zero attached hydrogens (tertiary/aromatic N) is 1. The minimum absolute atomic E-state index is 0.0251. The SMILES string of the molecule is COC(CNC(=O)c1cc(Cl)c(Cl)c([N+](=O)[O-])c1)OC. The summed E-state index contributed by atoms with van der Waals surface area (Å²) in [5.74, 6) is -0.550. The lowest BCUT2D eigenvalue weighted by Crippen LogP contribution is -2.34. The summed E-state index contributed by atoms with van der Waals surface area (Å²) in [5.41, 5.74) is -0.406. The molecule has 0 saturated carbocycles. The summed E-state index contributed by atoms with van der Waals surface area (Å²) < 4.78 is 9.80. The number of ether oxygens (including phenoxy) is 2. The first kappa shape index (κ1) is 16.6. The van der Waals surface area contributed by atoms with Crippen molar-refractivity contribution in [2.45, 2.75) is 6.29 Å². The summed E-state index contributed by atoms with van der Waals surface area (Å²) in [7, 11) is 2.84. The quantitative estimate of drug-likeness (QED) is 0.492. The lowest BCUT2D eigenvalue weighted by molar-refractivity contribution is -0.384. The van der Waals surface area contributed by atoms with Crippen LogP contribution in [0, 0.1) is 10.1 Å². The number of nitrogens with one attached hydrogen (secondary N) is 1. The van der Waals surface area contributed by atoms with Gasteiger partial charge in [-0.25, -0.2) is 0 Å². The summed E-state index contributed by atoms with van der Waals surface area (Å²) in [5, 5.41) is 13.0. The number of nitro benzene ring substituents is 1. The van der Waals surface area contributed by atoms with Crippen molar-refractivity contribution in [3.63, 3.8) is 0 Å². The average Bonchev–Trinajstić information content (AvgIpc) is 2.42. The maximum Gasteiger partial charge on any atom is 0.290 e. The zero-order valence-corrected chi connectivity index (χ0v) is 12.2. The van der Waals surface area contributed by atoms with Gasteiger partial charge in [-0.3, -0.25) is 14.9 Å². The summed E-state index contributed by atoms with van der Waals surface area (Å²) in [4.78, 5) is 22.0. The van der Waals surface area contributed by atoms with Crippen LogP contribution < -0.4 is 5.32 Å². The molecule has 0 aliphatic carbocycles. The Hall–Kier alpha value is -1.41. The molecule has 1 aromatic rings. The summed E-state index contributed by atoms with van der Waals surface area (Å²) >= 11 is 11.5. The number of nitro groups is 1. The highest BCUT2D eigenvalue weighted by atomic mass is 35.5. The molecule has 0 unspecified atom stereocenters. The maximum absolute atomic E-state index is 11.9. The molecule has 0 bridgehead atoms. The molecule has 0 atom stereocenters. The zero-order chi connectivity index (χ0) is 15.3. The Morgan fingerprint density at radius 2 is 2.00 bits per heavy atom. The van der Waals surface area contributed by atoms with Gasteiger partial charge in [-0.1, -0.05) is 23.2 Å². The van der Waals surface area contributed by atoms with E-state index >= 15 is 0 Å². The first-order valence-electron chi connectivity index (χ1n) is 5.38. The minimum Gasteiger partial charge on any atom is -0.354 e. The van der Waals surface area contributed by atoms with Crippen molar-refractivity contribution < 1.29 is 19.2 Å². The molecule has 0 heterocycles. The smallest absolute Gasteiger partial charge is 0.290 e. The van der Waals surface area contributed by atoms with E-state index in [2.05, 4.69) is 5.32 Å². The van der Waals surface area contributed by atoms with Crippen LogP contribution in [0.2, 0.25) is 10.0 Å². The molecule has 0 fully saturated rings. The van der Waals surface area contributed by atoms with Crippen LogP contribution in [0.25, 0.3) is 0 Å². The average molecular weight is 323 g/mol. The number of carbonyl (C=O) groups is 1. The number of halogens is 2. The van der Waals surface area contributed by atoms with Crippen LogP contribution in [-0.2, 0) is 9.47 Å².